The summed E-state index contributed by atoms with van der Waals surface area (Å²) in [5.74, 6) is -1.20. The third-order valence-electron chi connectivity index (χ3n) is 8.59. The van der Waals surface area contributed by atoms with Gasteiger partial charge >= 0.3 is 5.97 Å². The van der Waals surface area contributed by atoms with Crippen LogP contribution in [0.15, 0.2) is 143 Å². The molecule has 5 aromatic carbocycles. The Labute approximate surface area is 282 Å². The molecule has 0 unspecified atom stereocenters. The minimum Gasteiger partial charge on any atom is -0.462 e. The normalized spacial score (nSPS) is 16.1. The van der Waals surface area contributed by atoms with Gasteiger partial charge in [0.1, 0.15) is 0 Å². The number of hydrogen-bond acceptors (Lipinski definition) is 6. The van der Waals surface area contributed by atoms with Crippen LogP contribution in [-0.2, 0) is 9.53 Å². The molecule has 6 nitrogen and oxygen atoms in total. The third kappa shape index (κ3) is 5.05. The first-order valence-electron chi connectivity index (χ1n) is 15.7. The first-order chi connectivity index (χ1) is 23.5. The van der Waals surface area contributed by atoms with E-state index in [1.807, 2.05) is 36.4 Å². The summed E-state index contributed by atoms with van der Waals surface area (Å²) in [7, 11) is 0. The number of nitrogens with zero attached hydrogens (tertiary/aromatic N) is 2. The van der Waals surface area contributed by atoms with Crippen LogP contribution in [-0.4, -0.2) is 24.3 Å². The first-order valence-corrected chi connectivity index (χ1v) is 16.5. The topological polar surface area (TPSA) is 66.9 Å². The van der Waals surface area contributed by atoms with E-state index in [0.717, 1.165) is 32.3 Å². The van der Waals surface area contributed by atoms with Gasteiger partial charge in [-0.1, -0.05) is 78.5 Å². The molecule has 3 aliphatic rings. The summed E-state index contributed by atoms with van der Waals surface area (Å²) < 4.78 is 5.12. The van der Waals surface area contributed by atoms with Crippen molar-refractivity contribution >= 4 is 69.9 Å². The number of Topliss-reactive ketones (excluding diaryl/α,β-unsaturated/α-hetero) is 1. The van der Waals surface area contributed by atoms with Crippen LogP contribution < -0.4 is 9.80 Å². The van der Waals surface area contributed by atoms with Crippen molar-refractivity contribution < 1.29 is 19.1 Å². The zero-order valence-corrected chi connectivity index (χ0v) is 26.7. The van der Waals surface area contributed by atoms with Gasteiger partial charge in [0, 0.05) is 27.2 Å². The van der Waals surface area contributed by atoms with Crippen molar-refractivity contribution in [2.24, 2.45) is 0 Å². The average Bonchev–Trinajstić information content (AvgIpc) is 3.53. The van der Waals surface area contributed by atoms with Crippen LogP contribution in [0.25, 0.3) is 17.7 Å². The van der Waals surface area contributed by atoms with E-state index >= 15 is 0 Å². The number of esters is 1. The molecule has 0 aromatic heterocycles. The van der Waals surface area contributed by atoms with Crippen LogP contribution in [0.2, 0.25) is 0 Å². The number of carbonyl (C=O) groups excluding carboxylic acids is 3. The van der Waals surface area contributed by atoms with Crippen LogP contribution >= 0.6 is 11.8 Å². The van der Waals surface area contributed by atoms with Gasteiger partial charge in [-0.2, -0.15) is 0 Å². The summed E-state index contributed by atoms with van der Waals surface area (Å²) in [6.07, 6.45) is 8.13. The minimum atomic E-state index is -0.434. The molecule has 0 saturated heterocycles. The second-order valence-electron chi connectivity index (χ2n) is 11.5. The molecule has 5 aromatic rings. The van der Waals surface area contributed by atoms with Crippen molar-refractivity contribution in [3.8, 4) is 0 Å². The number of allylic oxidation sites excluding steroid dienone is 2. The van der Waals surface area contributed by atoms with E-state index in [4.69, 9.17) is 4.74 Å². The van der Waals surface area contributed by atoms with Crippen LogP contribution in [0.5, 0.6) is 0 Å². The quantitative estimate of drug-likeness (QED) is 0.108. The fourth-order valence-electron chi connectivity index (χ4n) is 6.30. The number of rotatable bonds is 5. The SMILES string of the molecule is CCOC(=O)c1ccc(N2C(=O)/C(=C/c3ccc4c(c3)Sc3ccccc3N4/C=C3/C=Cc4ccccc43)C(=O)c3ccccc32)cc1. The maximum Gasteiger partial charge on any atom is 0.338 e. The molecular weight excluding hydrogens is 617 g/mol. The number of hydrogen-bond donors (Lipinski definition) is 0. The van der Waals surface area contributed by atoms with Crippen molar-refractivity contribution in [3.05, 3.63) is 161 Å². The van der Waals surface area contributed by atoms with Crippen molar-refractivity contribution in [3.63, 3.8) is 0 Å². The average molecular weight is 645 g/mol. The molecule has 2 heterocycles. The highest BCUT2D eigenvalue weighted by Crippen LogP contribution is 2.49. The van der Waals surface area contributed by atoms with Gasteiger partial charge in [0.15, 0.2) is 0 Å². The lowest BCUT2D eigenvalue weighted by atomic mass is 9.93. The summed E-state index contributed by atoms with van der Waals surface area (Å²) in [6, 6.07) is 36.4. The maximum atomic E-state index is 14.1. The Morgan fingerprint density at radius 1 is 0.750 bits per heavy atom. The number of anilines is 4. The number of ketones is 1. The van der Waals surface area contributed by atoms with E-state index in [1.54, 1.807) is 73.3 Å². The standard InChI is InChI=1S/C41H28N2O4S/c1-2-47-41(46)28-18-20-30(21-19-28)43-34-12-6-5-11-32(34)39(44)33(40(43)45)23-26-15-22-36-38(24-26)48-37-14-8-7-13-35(37)42(36)25-29-17-16-27-9-3-4-10-31(27)29/h3-25H,2H2,1H3/b29-25-,33-23+. The molecule has 2 aliphatic heterocycles. The molecule has 0 radical (unpaired) electrons. The van der Waals surface area contributed by atoms with Crippen LogP contribution in [0.1, 0.15) is 44.3 Å². The third-order valence-corrected chi connectivity index (χ3v) is 9.70. The largest absolute Gasteiger partial charge is 0.462 e. The number of carbonyl (C=O) groups is 3. The fraction of sp³-hybridized carbons (Fsp3) is 0.0488. The summed E-state index contributed by atoms with van der Waals surface area (Å²) in [4.78, 5) is 46.1. The highest BCUT2D eigenvalue weighted by molar-refractivity contribution is 7.99. The van der Waals surface area contributed by atoms with Gasteiger partial charge in [0.05, 0.1) is 34.8 Å². The number of para-hydroxylation sites is 2. The Morgan fingerprint density at radius 3 is 2.27 bits per heavy atom. The van der Waals surface area contributed by atoms with Gasteiger partial charge < -0.3 is 9.64 Å². The summed E-state index contributed by atoms with van der Waals surface area (Å²) in [6.45, 7) is 2.02. The molecule has 0 bridgehead atoms. The Morgan fingerprint density at radius 2 is 1.46 bits per heavy atom. The summed E-state index contributed by atoms with van der Waals surface area (Å²) >= 11 is 1.66. The van der Waals surface area contributed by atoms with Crippen molar-refractivity contribution in [2.75, 3.05) is 16.4 Å². The number of benzene rings is 5. The van der Waals surface area contributed by atoms with Gasteiger partial charge in [0.25, 0.3) is 5.91 Å². The molecule has 1 aliphatic carbocycles. The molecule has 0 fully saturated rings. The fourth-order valence-corrected chi connectivity index (χ4v) is 7.42. The van der Waals surface area contributed by atoms with Gasteiger partial charge in [-0.25, -0.2) is 4.79 Å². The molecule has 0 N–H and O–H groups in total. The Hall–Kier alpha value is -5.92. The lowest BCUT2D eigenvalue weighted by Crippen LogP contribution is -2.36. The minimum absolute atomic E-state index is 0.0657. The van der Waals surface area contributed by atoms with E-state index in [0.29, 0.717) is 22.5 Å². The van der Waals surface area contributed by atoms with Gasteiger partial charge in [-0.05, 0) is 95.9 Å². The summed E-state index contributed by atoms with van der Waals surface area (Å²) in [5.41, 5.74) is 8.27. The van der Waals surface area contributed by atoms with E-state index < -0.39 is 11.9 Å². The molecule has 232 valence electrons. The zero-order chi connectivity index (χ0) is 32.8. The van der Waals surface area contributed by atoms with E-state index in [9.17, 15) is 14.4 Å². The van der Waals surface area contributed by atoms with Gasteiger partial charge in [-0.15, -0.1) is 0 Å². The molecule has 0 spiro atoms. The predicted octanol–water partition coefficient (Wildman–Crippen LogP) is 9.48. The Bertz CT molecular complexity index is 2250. The van der Waals surface area contributed by atoms with Crippen LogP contribution in [0.4, 0.5) is 22.7 Å². The number of ether oxygens (including phenoxy) is 1. The molecule has 8 rings (SSSR count). The van der Waals surface area contributed by atoms with Gasteiger partial charge in [0.2, 0.25) is 5.78 Å². The molecule has 7 heteroatoms. The van der Waals surface area contributed by atoms with E-state index in [2.05, 4.69) is 53.6 Å². The molecule has 1 amide bonds. The molecule has 0 saturated carbocycles. The molecule has 48 heavy (non-hydrogen) atoms. The second kappa shape index (κ2) is 12.0. The van der Waals surface area contributed by atoms with Gasteiger partial charge in [-0.3, -0.25) is 14.5 Å². The Kier molecular flexibility index (Phi) is 7.39. The number of fused-ring (bicyclic) bond motifs is 4. The lowest BCUT2D eigenvalue weighted by Gasteiger charge is -2.31. The van der Waals surface area contributed by atoms with E-state index in [-0.39, 0.29) is 18.0 Å². The highest BCUT2D eigenvalue weighted by Gasteiger charge is 2.36. The first kappa shape index (κ1) is 29.5. The second-order valence-corrected chi connectivity index (χ2v) is 12.6. The summed E-state index contributed by atoms with van der Waals surface area (Å²) in [5, 5.41) is 0. The Balaban J connectivity index is 1.18. The van der Waals surface area contributed by atoms with Crippen molar-refractivity contribution in [2.45, 2.75) is 16.7 Å². The highest BCUT2D eigenvalue weighted by atomic mass is 32.2. The number of amides is 1. The van der Waals surface area contributed by atoms with E-state index in [1.165, 1.54) is 16.0 Å². The lowest BCUT2D eigenvalue weighted by molar-refractivity contribution is -0.114. The maximum absolute atomic E-state index is 14.1. The van der Waals surface area contributed by atoms with Crippen LogP contribution in [0, 0.1) is 0 Å². The molecular formula is C41H28N2O4S. The molecule has 0 atom stereocenters. The van der Waals surface area contributed by atoms with Crippen LogP contribution in [0.3, 0.4) is 0 Å². The monoisotopic (exact) mass is 644 g/mol. The predicted molar refractivity (Wildman–Crippen MR) is 191 cm³/mol. The van der Waals surface area contributed by atoms with Crippen molar-refractivity contribution in [1.29, 1.82) is 0 Å². The zero-order valence-electron chi connectivity index (χ0n) is 25.9. The van der Waals surface area contributed by atoms with Crippen molar-refractivity contribution in [1.82, 2.24) is 0 Å². The smallest absolute Gasteiger partial charge is 0.338 e.